The number of nitrogens with zero attached hydrogens (tertiary/aromatic N) is 5. The smallest absolute Gasteiger partial charge is 0.193 e. The first-order valence-electron chi connectivity index (χ1n) is 8.79. The van der Waals surface area contributed by atoms with Gasteiger partial charge in [0.15, 0.2) is 5.96 Å². The summed E-state index contributed by atoms with van der Waals surface area (Å²) in [5.74, 6) is 2.46. The Balaban J connectivity index is 0.00000208. The van der Waals surface area contributed by atoms with Crippen molar-refractivity contribution in [1.29, 1.82) is 0 Å². The third-order valence-electron chi connectivity index (χ3n) is 5.38. The van der Waals surface area contributed by atoms with E-state index in [9.17, 15) is 0 Å². The van der Waals surface area contributed by atoms with Gasteiger partial charge in [-0.2, -0.15) is 0 Å². The summed E-state index contributed by atoms with van der Waals surface area (Å²) >= 11 is 0. The Kier molecular flexibility index (Phi) is 7.34. The van der Waals surface area contributed by atoms with Crippen LogP contribution in [0.3, 0.4) is 0 Å². The van der Waals surface area contributed by atoms with Crippen molar-refractivity contribution in [3.8, 4) is 0 Å². The zero-order valence-electron chi connectivity index (χ0n) is 15.1. The Labute approximate surface area is 162 Å². The van der Waals surface area contributed by atoms with E-state index < -0.39 is 0 Å². The van der Waals surface area contributed by atoms with Gasteiger partial charge in [-0.3, -0.25) is 4.99 Å². The highest BCUT2D eigenvalue weighted by molar-refractivity contribution is 14.0. The summed E-state index contributed by atoms with van der Waals surface area (Å²) in [6, 6.07) is 0.474. The lowest BCUT2D eigenvalue weighted by Crippen LogP contribution is -2.49. The molecular formula is C17H31IN6. The average Bonchev–Trinajstić information content (AvgIpc) is 3.21. The highest BCUT2D eigenvalue weighted by atomic mass is 127. The molecular weight excluding hydrogens is 415 g/mol. The zero-order chi connectivity index (χ0) is 16.2. The van der Waals surface area contributed by atoms with E-state index >= 15 is 0 Å². The zero-order valence-corrected chi connectivity index (χ0v) is 17.4. The predicted molar refractivity (Wildman–Crippen MR) is 109 cm³/mol. The maximum atomic E-state index is 4.53. The molecule has 0 bridgehead atoms. The number of rotatable bonds is 3. The number of aliphatic imine (C=N–C) groups is 1. The SMILES string of the molecule is CN=C(NCC1CCN(C)C1)N1CCC(C)C(n2ccnc2)C1.I. The van der Waals surface area contributed by atoms with Crippen molar-refractivity contribution in [1.82, 2.24) is 24.7 Å². The summed E-state index contributed by atoms with van der Waals surface area (Å²) < 4.78 is 2.25. The van der Waals surface area contributed by atoms with Gasteiger partial charge in [0.1, 0.15) is 0 Å². The second-order valence-electron chi connectivity index (χ2n) is 7.13. The van der Waals surface area contributed by atoms with Gasteiger partial charge in [0, 0.05) is 45.6 Å². The van der Waals surface area contributed by atoms with E-state index in [0.29, 0.717) is 12.0 Å². The number of hydrogen-bond acceptors (Lipinski definition) is 3. The van der Waals surface area contributed by atoms with Crippen LogP contribution < -0.4 is 5.32 Å². The van der Waals surface area contributed by atoms with E-state index in [1.165, 1.54) is 25.9 Å². The predicted octanol–water partition coefficient (Wildman–Crippen LogP) is 1.91. The molecule has 3 unspecified atom stereocenters. The fraction of sp³-hybridized carbons (Fsp3) is 0.765. The highest BCUT2D eigenvalue weighted by Crippen LogP contribution is 2.27. The van der Waals surface area contributed by atoms with Gasteiger partial charge in [0.05, 0.1) is 12.4 Å². The van der Waals surface area contributed by atoms with Crippen LogP contribution >= 0.6 is 24.0 Å². The number of halogens is 1. The normalized spacial score (nSPS) is 28.7. The van der Waals surface area contributed by atoms with Crippen LogP contribution in [-0.4, -0.2) is 72.1 Å². The number of guanidine groups is 1. The Hall–Kier alpha value is -0.830. The fourth-order valence-electron chi connectivity index (χ4n) is 3.86. The Bertz CT molecular complexity index is 517. The van der Waals surface area contributed by atoms with Gasteiger partial charge in [0.2, 0.25) is 0 Å². The molecule has 3 rings (SSSR count). The summed E-state index contributed by atoms with van der Waals surface area (Å²) in [5, 5.41) is 3.61. The monoisotopic (exact) mass is 446 g/mol. The fourth-order valence-corrected chi connectivity index (χ4v) is 3.86. The van der Waals surface area contributed by atoms with Crippen molar-refractivity contribution in [3.05, 3.63) is 18.7 Å². The first-order chi connectivity index (χ1) is 11.2. The molecule has 1 aromatic rings. The second kappa shape index (κ2) is 9.03. The van der Waals surface area contributed by atoms with Crippen molar-refractivity contribution in [2.75, 3.05) is 46.8 Å². The lowest BCUT2D eigenvalue weighted by molar-refractivity contribution is 0.188. The highest BCUT2D eigenvalue weighted by Gasteiger charge is 2.29. The molecule has 24 heavy (non-hydrogen) atoms. The van der Waals surface area contributed by atoms with E-state index in [2.05, 4.69) is 49.8 Å². The van der Waals surface area contributed by atoms with Gasteiger partial charge in [-0.05, 0) is 38.3 Å². The summed E-state index contributed by atoms with van der Waals surface area (Å²) in [5.41, 5.74) is 0. The van der Waals surface area contributed by atoms with E-state index in [4.69, 9.17) is 0 Å². The van der Waals surface area contributed by atoms with E-state index in [0.717, 1.165) is 31.5 Å². The van der Waals surface area contributed by atoms with Crippen molar-refractivity contribution in [2.24, 2.45) is 16.8 Å². The number of hydrogen-bond donors (Lipinski definition) is 1. The van der Waals surface area contributed by atoms with E-state index in [1.54, 1.807) is 0 Å². The molecule has 2 saturated heterocycles. The van der Waals surface area contributed by atoms with Gasteiger partial charge in [0.25, 0.3) is 0 Å². The van der Waals surface area contributed by atoms with Gasteiger partial charge < -0.3 is 19.7 Å². The van der Waals surface area contributed by atoms with Crippen LogP contribution in [0.4, 0.5) is 0 Å². The van der Waals surface area contributed by atoms with Crippen LogP contribution in [0.5, 0.6) is 0 Å². The standard InChI is InChI=1S/C17H30N6.HI/c1-14-4-8-22(12-16(14)23-9-6-19-13-23)17(18-2)20-10-15-5-7-21(3)11-15;/h6,9,13-16H,4-5,7-8,10-12H2,1-3H3,(H,18,20);1H. The minimum Gasteiger partial charge on any atom is -0.356 e. The van der Waals surface area contributed by atoms with Crippen molar-refractivity contribution in [2.45, 2.75) is 25.8 Å². The minimum atomic E-state index is 0. The molecule has 3 heterocycles. The van der Waals surface area contributed by atoms with Gasteiger partial charge in [-0.15, -0.1) is 24.0 Å². The molecule has 1 N–H and O–H groups in total. The summed E-state index contributed by atoms with van der Waals surface area (Å²) in [7, 11) is 4.10. The number of imidazole rings is 1. The van der Waals surface area contributed by atoms with E-state index in [-0.39, 0.29) is 24.0 Å². The van der Waals surface area contributed by atoms with Crippen molar-refractivity contribution in [3.63, 3.8) is 0 Å². The molecule has 2 aliphatic rings. The number of likely N-dealkylation sites (tertiary alicyclic amines) is 2. The number of piperidine rings is 1. The molecule has 0 saturated carbocycles. The topological polar surface area (TPSA) is 48.7 Å². The molecule has 3 atom stereocenters. The summed E-state index contributed by atoms with van der Waals surface area (Å²) in [6.07, 6.45) is 8.37. The molecule has 0 aliphatic carbocycles. The molecule has 0 spiro atoms. The largest absolute Gasteiger partial charge is 0.356 e. The lowest BCUT2D eigenvalue weighted by atomic mass is 9.93. The maximum absolute atomic E-state index is 4.53. The quantitative estimate of drug-likeness (QED) is 0.438. The van der Waals surface area contributed by atoms with E-state index in [1.807, 2.05) is 19.6 Å². The molecule has 1 aromatic heterocycles. The summed E-state index contributed by atoms with van der Waals surface area (Å²) in [4.78, 5) is 13.6. The van der Waals surface area contributed by atoms with Crippen molar-refractivity contribution < 1.29 is 0 Å². The van der Waals surface area contributed by atoms with Crippen LogP contribution in [0.25, 0.3) is 0 Å². The lowest BCUT2D eigenvalue weighted by Gasteiger charge is -2.39. The van der Waals surface area contributed by atoms with Crippen LogP contribution in [0.2, 0.25) is 0 Å². The molecule has 0 aromatic carbocycles. The first-order valence-corrected chi connectivity index (χ1v) is 8.79. The average molecular weight is 446 g/mol. The molecule has 2 aliphatic heterocycles. The maximum Gasteiger partial charge on any atom is 0.193 e. The Morgan fingerprint density at radius 1 is 1.29 bits per heavy atom. The first kappa shape index (κ1) is 19.5. The minimum absolute atomic E-state index is 0. The molecule has 136 valence electrons. The number of nitrogens with one attached hydrogen (secondary N) is 1. The van der Waals surface area contributed by atoms with Crippen LogP contribution in [0, 0.1) is 11.8 Å². The molecule has 6 nitrogen and oxygen atoms in total. The second-order valence-corrected chi connectivity index (χ2v) is 7.13. The van der Waals surface area contributed by atoms with Crippen LogP contribution in [0.1, 0.15) is 25.8 Å². The van der Waals surface area contributed by atoms with Gasteiger partial charge in [-0.1, -0.05) is 6.92 Å². The third-order valence-corrected chi connectivity index (χ3v) is 5.38. The number of aromatic nitrogens is 2. The van der Waals surface area contributed by atoms with Gasteiger partial charge >= 0.3 is 0 Å². The summed E-state index contributed by atoms with van der Waals surface area (Å²) in [6.45, 7) is 7.86. The Morgan fingerprint density at radius 3 is 2.75 bits per heavy atom. The molecule has 7 heteroatoms. The van der Waals surface area contributed by atoms with Crippen LogP contribution in [0.15, 0.2) is 23.7 Å². The molecule has 0 radical (unpaired) electrons. The van der Waals surface area contributed by atoms with Crippen molar-refractivity contribution >= 4 is 29.9 Å². The molecule has 0 amide bonds. The molecule has 2 fully saturated rings. The van der Waals surface area contributed by atoms with Crippen LogP contribution in [-0.2, 0) is 0 Å². The van der Waals surface area contributed by atoms with Gasteiger partial charge in [-0.25, -0.2) is 4.98 Å². The third kappa shape index (κ3) is 4.62. The Morgan fingerprint density at radius 2 is 2.12 bits per heavy atom.